The molecule has 4 aliphatic rings. The van der Waals surface area contributed by atoms with Crippen LogP contribution in [0.3, 0.4) is 0 Å². The predicted octanol–water partition coefficient (Wildman–Crippen LogP) is 5.35. The van der Waals surface area contributed by atoms with Crippen LogP contribution in [0.4, 0.5) is 0 Å². The smallest absolute Gasteiger partial charge is 0.302 e. The molecular formula is C21H34O2. The van der Waals surface area contributed by atoms with E-state index in [0.29, 0.717) is 16.7 Å². The third-order valence-corrected chi connectivity index (χ3v) is 8.66. The number of rotatable bonds is 1. The Hall–Kier alpha value is -0.530. The molecule has 23 heavy (non-hydrogen) atoms. The highest BCUT2D eigenvalue weighted by Gasteiger charge is 2.60. The topological polar surface area (TPSA) is 26.3 Å². The van der Waals surface area contributed by atoms with Crippen LogP contribution in [0.15, 0.2) is 0 Å². The number of ether oxygens (including phenoxy) is 1. The Morgan fingerprint density at radius 2 is 1.70 bits per heavy atom. The van der Waals surface area contributed by atoms with Crippen molar-refractivity contribution in [3.05, 3.63) is 0 Å². The van der Waals surface area contributed by atoms with E-state index in [1.54, 1.807) is 6.92 Å². The van der Waals surface area contributed by atoms with E-state index < -0.39 is 0 Å². The standard InChI is InChI=1S/C21H34O2/c1-14(22)23-19-13-15-16-8-6-10-20(16,2)12-9-17(15)21(3)11-5-4-7-18(19)21/h15-19H,4-13H2,1-3H3/t15?,16?,17?,18-,19+,20?,21?/m1/s1. The van der Waals surface area contributed by atoms with Crippen LogP contribution in [0.1, 0.15) is 85.0 Å². The van der Waals surface area contributed by atoms with Gasteiger partial charge in [-0.2, -0.15) is 0 Å². The van der Waals surface area contributed by atoms with Gasteiger partial charge >= 0.3 is 5.97 Å². The van der Waals surface area contributed by atoms with E-state index in [9.17, 15) is 4.79 Å². The van der Waals surface area contributed by atoms with Gasteiger partial charge < -0.3 is 4.74 Å². The van der Waals surface area contributed by atoms with Crippen LogP contribution in [-0.4, -0.2) is 12.1 Å². The van der Waals surface area contributed by atoms with E-state index in [1.807, 2.05) is 0 Å². The zero-order valence-electron chi connectivity index (χ0n) is 15.3. The zero-order chi connectivity index (χ0) is 16.2. The first kappa shape index (κ1) is 16.0. The number of carbonyl (C=O) groups excluding carboxylic acids is 1. The molecule has 2 heteroatoms. The molecule has 0 saturated heterocycles. The fourth-order valence-corrected chi connectivity index (χ4v) is 7.66. The summed E-state index contributed by atoms with van der Waals surface area (Å²) < 4.78 is 5.92. The normalized spacial score (nSPS) is 52.2. The Kier molecular flexibility index (Phi) is 3.81. The van der Waals surface area contributed by atoms with E-state index in [2.05, 4.69) is 13.8 Å². The highest BCUT2D eigenvalue weighted by Crippen LogP contribution is 2.66. The number of esters is 1. The Bertz CT molecular complexity index is 486. The molecule has 4 saturated carbocycles. The molecule has 0 radical (unpaired) electrons. The minimum atomic E-state index is -0.0635. The molecule has 130 valence electrons. The maximum atomic E-state index is 11.7. The average molecular weight is 319 g/mol. The molecule has 4 aliphatic carbocycles. The summed E-state index contributed by atoms with van der Waals surface area (Å²) in [6.45, 7) is 6.71. The molecule has 2 nitrogen and oxygen atoms in total. The van der Waals surface area contributed by atoms with Crippen molar-refractivity contribution >= 4 is 5.97 Å². The Morgan fingerprint density at radius 1 is 0.913 bits per heavy atom. The third-order valence-electron chi connectivity index (χ3n) is 8.66. The van der Waals surface area contributed by atoms with E-state index in [-0.39, 0.29) is 12.1 Å². The average Bonchev–Trinajstić information content (AvgIpc) is 2.88. The quantitative estimate of drug-likeness (QED) is 0.609. The number of hydrogen-bond acceptors (Lipinski definition) is 2. The Morgan fingerprint density at radius 3 is 2.48 bits per heavy atom. The number of carbonyl (C=O) groups is 1. The highest BCUT2D eigenvalue weighted by atomic mass is 16.5. The molecular weight excluding hydrogens is 284 g/mol. The summed E-state index contributed by atoms with van der Waals surface area (Å²) in [5.74, 6) is 3.13. The van der Waals surface area contributed by atoms with Crippen molar-refractivity contribution in [1.82, 2.24) is 0 Å². The lowest BCUT2D eigenvalue weighted by Gasteiger charge is -2.61. The molecule has 0 heterocycles. The summed E-state index contributed by atoms with van der Waals surface area (Å²) in [5.41, 5.74) is 1.00. The molecule has 0 bridgehead atoms. The van der Waals surface area contributed by atoms with Gasteiger partial charge in [-0.3, -0.25) is 4.79 Å². The highest BCUT2D eigenvalue weighted by molar-refractivity contribution is 5.66. The van der Waals surface area contributed by atoms with Gasteiger partial charge in [0.05, 0.1) is 0 Å². The van der Waals surface area contributed by atoms with Gasteiger partial charge in [-0.15, -0.1) is 0 Å². The largest absolute Gasteiger partial charge is 0.462 e. The second-order valence-electron chi connectivity index (χ2n) is 9.70. The van der Waals surface area contributed by atoms with Crippen LogP contribution in [0.25, 0.3) is 0 Å². The maximum Gasteiger partial charge on any atom is 0.302 e. The van der Waals surface area contributed by atoms with Crippen molar-refractivity contribution in [1.29, 1.82) is 0 Å². The molecule has 0 N–H and O–H groups in total. The summed E-state index contributed by atoms with van der Waals surface area (Å²) >= 11 is 0. The lowest BCUT2D eigenvalue weighted by molar-refractivity contribution is -0.182. The van der Waals surface area contributed by atoms with Gasteiger partial charge in [-0.05, 0) is 73.5 Å². The van der Waals surface area contributed by atoms with E-state index >= 15 is 0 Å². The van der Waals surface area contributed by atoms with Gasteiger partial charge in [-0.25, -0.2) is 0 Å². The van der Waals surface area contributed by atoms with Gasteiger partial charge in [0.15, 0.2) is 0 Å². The van der Waals surface area contributed by atoms with Crippen molar-refractivity contribution in [2.75, 3.05) is 0 Å². The lowest BCUT2D eigenvalue weighted by atomic mass is 9.45. The monoisotopic (exact) mass is 318 g/mol. The molecule has 0 aromatic carbocycles. The van der Waals surface area contributed by atoms with Crippen LogP contribution in [0.5, 0.6) is 0 Å². The van der Waals surface area contributed by atoms with Crippen molar-refractivity contribution in [2.45, 2.75) is 91.1 Å². The summed E-state index contributed by atoms with van der Waals surface area (Å²) in [5, 5.41) is 0. The summed E-state index contributed by atoms with van der Waals surface area (Å²) in [4.78, 5) is 11.7. The van der Waals surface area contributed by atoms with Crippen molar-refractivity contribution in [2.24, 2.45) is 34.5 Å². The van der Waals surface area contributed by atoms with Crippen LogP contribution in [-0.2, 0) is 9.53 Å². The van der Waals surface area contributed by atoms with Crippen molar-refractivity contribution < 1.29 is 9.53 Å². The molecule has 0 aromatic rings. The first-order chi connectivity index (χ1) is 10.9. The van der Waals surface area contributed by atoms with Gasteiger partial charge in [0.1, 0.15) is 6.10 Å². The first-order valence-corrected chi connectivity index (χ1v) is 10.1. The van der Waals surface area contributed by atoms with E-state index in [1.165, 1.54) is 57.8 Å². The van der Waals surface area contributed by atoms with Crippen LogP contribution >= 0.6 is 0 Å². The minimum absolute atomic E-state index is 0.0635. The molecule has 4 rings (SSSR count). The van der Waals surface area contributed by atoms with Gasteiger partial charge in [0, 0.05) is 12.8 Å². The third kappa shape index (κ3) is 2.38. The molecule has 7 atom stereocenters. The lowest BCUT2D eigenvalue weighted by Crippen LogP contribution is -2.57. The first-order valence-electron chi connectivity index (χ1n) is 10.1. The predicted molar refractivity (Wildman–Crippen MR) is 91.9 cm³/mol. The maximum absolute atomic E-state index is 11.7. The fraction of sp³-hybridized carbons (Fsp3) is 0.952. The van der Waals surface area contributed by atoms with E-state index in [0.717, 1.165) is 24.2 Å². The molecule has 0 spiro atoms. The summed E-state index contributed by atoms with van der Waals surface area (Å²) in [6, 6.07) is 0. The van der Waals surface area contributed by atoms with Crippen molar-refractivity contribution in [3.8, 4) is 0 Å². The number of fused-ring (bicyclic) bond motifs is 5. The second kappa shape index (κ2) is 5.49. The Balaban J connectivity index is 1.68. The molecule has 0 amide bonds. The molecule has 4 fully saturated rings. The van der Waals surface area contributed by atoms with Crippen LogP contribution < -0.4 is 0 Å². The number of hydrogen-bond donors (Lipinski definition) is 0. The summed E-state index contributed by atoms with van der Waals surface area (Å²) in [6.07, 6.45) is 13.8. The molecule has 0 aliphatic heterocycles. The van der Waals surface area contributed by atoms with Crippen molar-refractivity contribution in [3.63, 3.8) is 0 Å². The fourth-order valence-electron chi connectivity index (χ4n) is 7.66. The van der Waals surface area contributed by atoms with Gasteiger partial charge in [0.25, 0.3) is 0 Å². The SMILES string of the molecule is CC(=O)O[C@H]1CC2C3CCCC3(C)CCC2C2(C)CCCC[C@H]12. The molecule has 5 unspecified atom stereocenters. The van der Waals surface area contributed by atoms with Crippen LogP contribution in [0.2, 0.25) is 0 Å². The Labute approximate surface area is 141 Å². The minimum Gasteiger partial charge on any atom is -0.462 e. The van der Waals surface area contributed by atoms with E-state index in [4.69, 9.17) is 4.74 Å². The zero-order valence-corrected chi connectivity index (χ0v) is 15.3. The summed E-state index contributed by atoms with van der Waals surface area (Å²) in [7, 11) is 0. The second-order valence-corrected chi connectivity index (χ2v) is 9.70. The van der Waals surface area contributed by atoms with Crippen LogP contribution in [0, 0.1) is 34.5 Å². The van der Waals surface area contributed by atoms with Gasteiger partial charge in [-0.1, -0.05) is 33.1 Å². The van der Waals surface area contributed by atoms with Gasteiger partial charge in [0.2, 0.25) is 0 Å². The molecule has 0 aromatic heterocycles.